The minimum Gasteiger partial charge on any atom is -0.456 e. The third-order valence-electron chi connectivity index (χ3n) is 10.3. The molecule has 6 nitrogen and oxygen atoms in total. The fourth-order valence-electron chi connectivity index (χ4n) is 8.24. The molecule has 0 N–H and O–H groups in total. The van der Waals surface area contributed by atoms with E-state index in [4.69, 9.17) is 19.1 Å². The molecule has 0 radical (unpaired) electrons. The predicted molar refractivity (Wildman–Crippen MR) is 201 cm³/mol. The number of aromatic nitrogens is 4. The predicted octanol–water partition coefficient (Wildman–Crippen LogP) is 11.5. The Balaban J connectivity index is 1.31. The summed E-state index contributed by atoms with van der Waals surface area (Å²) in [7, 11) is 0. The minimum absolute atomic E-state index is 0.610. The Morgan fingerprint density at radius 2 is 1.14 bits per heavy atom. The lowest BCUT2D eigenvalue weighted by molar-refractivity contribution is 0.486. The van der Waals surface area contributed by atoms with E-state index in [9.17, 15) is 0 Å². The van der Waals surface area contributed by atoms with Gasteiger partial charge in [0.25, 0.3) is 0 Å². The zero-order chi connectivity index (χ0) is 32.5. The van der Waals surface area contributed by atoms with Crippen molar-refractivity contribution < 1.29 is 9.15 Å². The highest BCUT2D eigenvalue weighted by Gasteiger charge is 2.27. The smallest absolute Gasteiger partial charge is 0.235 e. The van der Waals surface area contributed by atoms with Gasteiger partial charge in [-0.25, -0.2) is 9.97 Å². The maximum absolute atomic E-state index is 6.71. The number of benzene rings is 7. The molecule has 50 heavy (non-hydrogen) atoms. The van der Waals surface area contributed by atoms with Gasteiger partial charge in [0.05, 0.1) is 38.7 Å². The molecule has 11 aromatic rings. The number of hydrogen-bond acceptors (Lipinski definition) is 4. The summed E-state index contributed by atoms with van der Waals surface area (Å²) in [6, 6.07) is 50.5. The molecule has 1 aliphatic heterocycles. The lowest BCUT2D eigenvalue weighted by Crippen LogP contribution is -2.07. The summed E-state index contributed by atoms with van der Waals surface area (Å²) in [6.07, 6.45) is 0. The van der Waals surface area contributed by atoms with E-state index in [1.54, 1.807) is 0 Å². The number of rotatable bonds is 2. The van der Waals surface area contributed by atoms with E-state index >= 15 is 0 Å². The van der Waals surface area contributed by atoms with Crippen LogP contribution in [0.2, 0.25) is 0 Å². The van der Waals surface area contributed by atoms with Gasteiger partial charge in [-0.05, 0) is 54.6 Å². The molecule has 0 fully saturated rings. The maximum atomic E-state index is 6.71. The third-order valence-corrected chi connectivity index (χ3v) is 10.3. The fourth-order valence-corrected chi connectivity index (χ4v) is 8.24. The van der Waals surface area contributed by atoms with Gasteiger partial charge in [-0.15, -0.1) is 0 Å². The normalized spacial score (nSPS) is 12.6. The van der Waals surface area contributed by atoms with E-state index in [0.29, 0.717) is 5.95 Å². The van der Waals surface area contributed by atoms with Crippen LogP contribution in [0.15, 0.2) is 150 Å². The molecule has 5 heterocycles. The Kier molecular flexibility index (Phi) is 4.89. The first-order valence-electron chi connectivity index (χ1n) is 16.8. The highest BCUT2D eigenvalue weighted by molar-refractivity contribution is 6.27. The summed E-state index contributed by atoms with van der Waals surface area (Å²) in [5.74, 6) is 2.17. The summed E-state index contributed by atoms with van der Waals surface area (Å²) in [5, 5.41) is 7.65. The topological polar surface area (TPSA) is 58.0 Å². The fraction of sp³-hybridized carbons (Fsp3) is 0. The van der Waals surface area contributed by atoms with Crippen LogP contribution >= 0.6 is 0 Å². The molecule has 232 valence electrons. The van der Waals surface area contributed by atoms with Gasteiger partial charge < -0.3 is 13.7 Å². The van der Waals surface area contributed by atoms with Crippen molar-refractivity contribution in [1.29, 1.82) is 0 Å². The summed E-state index contributed by atoms with van der Waals surface area (Å²) in [5.41, 5.74) is 9.64. The second kappa shape index (κ2) is 9.36. The number of nitrogens with zero attached hydrogens (tertiary/aromatic N) is 4. The number of hydrogen-bond donors (Lipinski definition) is 0. The standard InChI is InChI=1S/C44H24N4O2/c1-2-11-25(12-3-1)47-40-29(30-23-24-31-27-14-5-8-18-35(27)50-43(31)42(30)47)22-21-28-26-13-4-7-17-34(26)48(41(28)40)44-45-33-16-10-20-37-38(33)39(46-44)32-15-6-9-19-36(32)49-37/h1-24H. The average molecular weight is 641 g/mol. The van der Waals surface area contributed by atoms with E-state index in [2.05, 4.69) is 106 Å². The van der Waals surface area contributed by atoms with Gasteiger partial charge in [-0.2, -0.15) is 0 Å². The van der Waals surface area contributed by atoms with Gasteiger partial charge in [-0.3, -0.25) is 4.57 Å². The van der Waals surface area contributed by atoms with E-state index in [0.717, 1.165) is 105 Å². The Labute approximate surface area is 284 Å². The molecule has 12 rings (SSSR count). The molecule has 4 aromatic heterocycles. The first-order chi connectivity index (χ1) is 24.8. The van der Waals surface area contributed by atoms with Crippen LogP contribution in [-0.2, 0) is 0 Å². The van der Waals surface area contributed by atoms with Crippen molar-refractivity contribution >= 4 is 76.5 Å². The van der Waals surface area contributed by atoms with Crippen molar-refractivity contribution in [3.05, 3.63) is 146 Å². The summed E-state index contributed by atoms with van der Waals surface area (Å²) >= 11 is 0. The average Bonchev–Trinajstić information content (AvgIpc) is 3.83. The Bertz CT molecular complexity index is 3240. The molecular weight excluding hydrogens is 617 g/mol. The van der Waals surface area contributed by atoms with Crippen LogP contribution in [0.25, 0.3) is 99.3 Å². The number of fused-ring (bicyclic) bond motifs is 13. The summed E-state index contributed by atoms with van der Waals surface area (Å²) < 4.78 is 17.7. The first kappa shape index (κ1) is 26.1. The molecule has 0 amide bonds. The highest BCUT2D eigenvalue weighted by Crippen LogP contribution is 2.47. The largest absolute Gasteiger partial charge is 0.456 e. The SMILES string of the molecule is c1ccc(-n2c3c(ccc4c5ccccc5oc43)c3ccc4c5ccccc5n(-c5nc6c7c(cccc7n5)Oc5ccccc5-6)c4c32)cc1. The molecule has 0 unspecified atom stereocenters. The third kappa shape index (κ3) is 3.27. The minimum atomic E-state index is 0.610. The van der Waals surface area contributed by atoms with Crippen LogP contribution in [-0.4, -0.2) is 19.1 Å². The number of para-hydroxylation sites is 4. The zero-order valence-electron chi connectivity index (χ0n) is 26.5. The Morgan fingerprint density at radius 1 is 0.460 bits per heavy atom. The van der Waals surface area contributed by atoms with Crippen LogP contribution in [0.4, 0.5) is 0 Å². The van der Waals surface area contributed by atoms with E-state index < -0.39 is 0 Å². The Hall–Kier alpha value is -6.92. The van der Waals surface area contributed by atoms with Gasteiger partial charge in [0.15, 0.2) is 5.58 Å². The molecule has 6 heteroatoms. The monoisotopic (exact) mass is 640 g/mol. The van der Waals surface area contributed by atoms with Crippen LogP contribution in [0.5, 0.6) is 11.5 Å². The van der Waals surface area contributed by atoms with E-state index in [1.165, 1.54) is 0 Å². The molecular formula is C44H24N4O2. The van der Waals surface area contributed by atoms with Crippen molar-refractivity contribution in [3.63, 3.8) is 0 Å². The maximum Gasteiger partial charge on any atom is 0.235 e. The van der Waals surface area contributed by atoms with E-state index in [1.807, 2.05) is 48.5 Å². The van der Waals surface area contributed by atoms with Crippen LogP contribution < -0.4 is 4.74 Å². The molecule has 7 aromatic carbocycles. The molecule has 0 bridgehead atoms. The molecule has 0 aliphatic carbocycles. The summed E-state index contributed by atoms with van der Waals surface area (Å²) in [6.45, 7) is 0. The van der Waals surface area contributed by atoms with E-state index in [-0.39, 0.29) is 0 Å². The molecule has 0 saturated heterocycles. The van der Waals surface area contributed by atoms with Crippen LogP contribution in [0.3, 0.4) is 0 Å². The number of ether oxygens (including phenoxy) is 1. The van der Waals surface area contributed by atoms with Gasteiger partial charge in [-0.1, -0.05) is 91.0 Å². The molecule has 0 saturated carbocycles. The van der Waals surface area contributed by atoms with Crippen molar-refractivity contribution in [2.75, 3.05) is 0 Å². The molecule has 0 atom stereocenters. The first-order valence-corrected chi connectivity index (χ1v) is 16.8. The number of furan rings is 1. The Morgan fingerprint density at radius 3 is 2.04 bits per heavy atom. The van der Waals surface area contributed by atoms with Crippen molar-refractivity contribution in [1.82, 2.24) is 19.1 Å². The van der Waals surface area contributed by atoms with Gasteiger partial charge >= 0.3 is 0 Å². The lowest BCUT2D eigenvalue weighted by atomic mass is 10.0. The van der Waals surface area contributed by atoms with Crippen molar-refractivity contribution in [2.24, 2.45) is 0 Å². The second-order valence-corrected chi connectivity index (χ2v) is 12.9. The van der Waals surface area contributed by atoms with Crippen LogP contribution in [0, 0.1) is 0 Å². The quantitative estimate of drug-likeness (QED) is 0.189. The summed E-state index contributed by atoms with van der Waals surface area (Å²) in [4.78, 5) is 10.7. The molecule has 0 spiro atoms. The van der Waals surface area contributed by atoms with Crippen molar-refractivity contribution in [2.45, 2.75) is 0 Å². The van der Waals surface area contributed by atoms with Gasteiger partial charge in [0.2, 0.25) is 5.95 Å². The lowest BCUT2D eigenvalue weighted by Gasteiger charge is -2.21. The second-order valence-electron chi connectivity index (χ2n) is 12.9. The van der Waals surface area contributed by atoms with Crippen LogP contribution in [0.1, 0.15) is 0 Å². The zero-order valence-corrected chi connectivity index (χ0v) is 26.5. The highest BCUT2D eigenvalue weighted by atomic mass is 16.5. The van der Waals surface area contributed by atoms with Gasteiger partial charge in [0, 0.05) is 43.6 Å². The molecule has 1 aliphatic rings. The van der Waals surface area contributed by atoms with Crippen molar-refractivity contribution in [3.8, 4) is 34.4 Å². The van der Waals surface area contributed by atoms with Gasteiger partial charge in [0.1, 0.15) is 17.1 Å².